The van der Waals surface area contributed by atoms with Crippen molar-refractivity contribution in [2.75, 3.05) is 5.32 Å². The van der Waals surface area contributed by atoms with Gasteiger partial charge in [0.15, 0.2) is 0 Å². The Hall–Kier alpha value is -1.98. The van der Waals surface area contributed by atoms with Gasteiger partial charge < -0.3 is 10.4 Å². The van der Waals surface area contributed by atoms with Crippen LogP contribution in [0.5, 0.6) is 0 Å². The first-order chi connectivity index (χ1) is 8.44. The van der Waals surface area contributed by atoms with Crippen LogP contribution in [-0.2, 0) is 9.59 Å². The molecule has 1 amide bonds. The van der Waals surface area contributed by atoms with Crippen LogP contribution in [0.1, 0.15) is 19.3 Å². The number of carboxylic acid groups (broad SMARTS) is 1. The Balaban J connectivity index is 2.18. The van der Waals surface area contributed by atoms with Gasteiger partial charge in [-0.1, -0.05) is 6.42 Å². The average molecular weight is 255 g/mol. The molecule has 96 valence electrons. The Morgan fingerprint density at radius 2 is 1.72 bits per heavy atom. The fourth-order valence-corrected chi connectivity index (χ4v) is 1.95. The zero-order valence-corrected chi connectivity index (χ0v) is 9.37. The number of anilines is 1. The summed E-state index contributed by atoms with van der Waals surface area (Å²) >= 11 is 0. The minimum atomic E-state index is -1.46. The van der Waals surface area contributed by atoms with Crippen molar-refractivity contribution in [1.29, 1.82) is 0 Å². The molecule has 1 fully saturated rings. The molecule has 0 aliphatic heterocycles. The maximum absolute atomic E-state index is 12.9. The fourth-order valence-electron chi connectivity index (χ4n) is 1.95. The van der Waals surface area contributed by atoms with E-state index in [9.17, 15) is 18.4 Å². The Kier molecular flexibility index (Phi) is 3.02. The van der Waals surface area contributed by atoms with Crippen LogP contribution in [0.2, 0.25) is 0 Å². The van der Waals surface area contributed by atoms with Gasteiger partial charge in [0.05, 0.1) is 0 Å². The van der Waals surface area contributed by atoms with E-state index in [1.807, 2.05) is 0 Å². The normalized spacial score (nSPS) is 16.8. The van der Waals surface area contributed by atoms with Gasteiger partial charge in [-0.15, -0.1) is 0 Å². The molecule has 4 nitrogen and oxygen atoms in total. The third kappa shape index (κ3) is 2.05. The van der Waals surface area contributed by atoms with Crippen molar-refractivity contribution in [1.82, 2.24) is 0 Å². The van der Waals surface area contributed by atoms with Crippen LogP contribution in [-0.4, -0.2) is 17.0 Å². The minimum absolute atomic E-state index is 0.0787. The van der Waals surface area contributed by atoms with E-state index in [-0.39, 0.29) is 18.5 Å². The van der Waals surface area contributed by atoms with Crippen molar-refractivity contribution in [3.8, 4) is 0 Å². The molecule has 0 unspecified atom stereocenters. The van der Waals surface area contributed by atoms with Crippen LogP contribution in [0.25, 0.3) is 0 Å². The van der Waals surface area contributed by atoms with Gasteiger partial charge in [0.1, 0.15) is 17.0 Å². The molecule has 0 radical (unpaired) electrons. The molecule has 1 aromatic rings. The standard InChI is InChI=1S/C12H11F2NO3/c13-7-4-8(14)6-9(5-7)15-10(16)12(11(17)18)2-1-3-12/h4-6H,1-3H2,(H,15,16)(H,17,18). The molecule has 1 aliphatic rings. The molecule has 1 aromatic carbocycles. The second kappa shape index (κ2) is 4.36. The van der Waals surface area contributed by atoms with E-state index < -0.39 is 28.9 Å². The summed E-state index contributed by atoms with van der Waals surface area (Å²) in [5, 5.41) is 11.3. The first kappa shape index (κ1) is 12.5. The second-order valence-corrected chi connectivity index (χ2v) is 4.35. The Morgan fingerprint density at radius 1 is 1.17 bits per heavy atom. The zero-order valence-electron chi connectivity index (χ0n) is 9.37. The van der Waals surface area contributed by atoms with Crippen molar-refractivity contribution >= 4 is 17.6 Å². The van der Waals surface area contributed by atoms with E-state index >= 15 is 0 Å². The third-order valence-electron chi connectivity index (χ3n) is 3.17. The van der Waals surface area contributed by atoms with Crippen molar-refractivity contribution < 1.29 is 23.5 Å². The number of rotatable bonds is 3. The maximum atomic E-state index is 12.9. The summed E-state index contributed by atoms with van der Waals surface area (Å²) in [7, 11) is 0. The first-order valence-corrected chi connectivity index (χ1v) is 5.45. The van der Waals surface area contributed by atoms with Crippen molar-refractivity contribution in [3.05, 3.63) is 29.8 Å². The summed E-state index contributed by atoms with van der Waals surface area (Å²) in [6, 6.07) is 2.55. The van der Waals surface area contributed by atoms with E-state index in [1.54, 1.807) is 0 Å². The molecule has 2 N–H and O–H groups in total. The molecule has 18 heavy (non-hydrogen) atoms. The molecule has 1 aliphatic carbocycles. The van der Waals surface area contributed by atoms with Gasteiger partial charge >= 0.3 is 5.97 Å². The molecular formula is C12H11F2NO3. The molecule has 6 heteroatoms. The molecular weight excluding hydrogens is 244 g/mol. The highest BCUT2D eigenvalue weighted by molar-refractivity contribution is 6.09. The number of carboxylic acids is 1. The largest absolute Gasteiger partial charge is 0.480 e. The van der Waals surface area contributed by atoms with E-state index in [0.29, 0.717) is 12.5 Å². The zero-order chi connectivity index (χ0) is 13.3. The van der Waals surface area contributed by atoms with Gasteiger partial charge in [0, 0.05) is 11.8 Å². The lowest BCUT2D eigenvalue weighted by Gasteiger charge is -2.35. The van der Waals surface area contributed by atoms with Gasteiger partial charge in [-0.25, -0.2) is 8.78 Å². The lowest BCUT2D eigenvalue weighted by molar-refractivity contribution is -0.159. The number of benzene rings is 1. The highest BCUT2D eigenvalue weighted by atomic mass is 19.1. The highest BCUT2D eigenvalue weighted by Gasteiger charge is 2.51. The monoisotopic (exact) mass is 255 g/mol. The Morgan fingerprint density at radius 3 is 2.11 bits per heavy atom. The number of carbonyl (C=O) groups excluding carboxylic acids is 1. The number of amides is 1. The van der Waals surface area contributed by atoms with E-state index in [0.717, 1.165) is 12.1 Å². The number of hydrogen-bond donors (Lipinski definition) is 2. The van der Waals surface area contributed by atoms with E-state index in [4.69, 9.17) is 5.11 Å². The van der Waals surface area contributed by atoms with E-state index in [1.165, 1.54) is 0 Å². The lowest BCUT2D eigenvalue weighted by Crippen LogP contribution is -2.48. The van der Waals surface area contributed by atoms with Gasteiger partial charge in [0.25, 0.3) is 0 Å². The fraction of sp³-hybridized carbons (Fsp3) is 0.333. The molecule has 0 atom stereocenters. The molecule has 0 aromatic heterocycles. The summed E-state index contributed by atoms with van der Waals surface area (Å²) < 4.78 is 25.8. The highest BCUT2D eigenvalue weighted by Crippen LogP contribution is 2.42. The summed E-state index contributed by atoms with van der Waals surface area (Å²) in [5.41, 5.74) is -1.53. The topological polar surface area (TPSA) is 66.4 Å². The minimum Gasteiger partial charge on any atom is -0.480 e. The van der Waals surface area contributed by atoms with Crippen molar-refractivity contribution in [2.45, 2.75) is 19.3 Å². The molecule has 2 rings (SSSR count). The third-order valence-corrected chi connectivity index (χ3v) is 3.17. The second-order valence-electron chi connectivity index (χ2n) is 4.35. The number of aliphatic carboxylic acids is 1. The molecule has 0 spiro atoms. The van der Waals surface area contributed by atoms with Crippen LogP contribution in [0.3, 0.4) is 0 Å². The summed E-state index contributed by atoms with van der Waals surface area (Å²) in [5.74, 6) is -3.60. The Bertz CT molecular complexity index is 492. The summed E-state index contributed by atoms with van der Waals surface area (Å²) in [6.45, 7) is 0. The number of hydrogen-bond acceptors (Lipinski definition) is 2. The predicted octanol–water partition coefficient (Wildman–Crippen LogP) is 2.16. The van der Waals surface area contributed by atoms with Gasteiger partial charge in [-0.3, -0.25) is 9.59 Å². The summed E-state index contributed by atoms with van der Waals surface area (Å²) in [4.78, 5) is 22.9. The quantitative estimate of drug-likeness (QED) is 0.813. The summed E-state index contributed by atoms with van der Waals surface area (Å²) in [6.07, 6.45) is 1.13. The molecule has 0 bridgehead atoms. The van der Waals surface area contributed by atoms with Gasteiger partial charge in [-0.05, 0) is 25.0 Å². The van der Waals surface area contributed by atoms with Crippen molar-refractivity contribution in [3.63, 3.8) is 0 Å². The SMILES string of the molecule is O=C(O)C1(C(=O)Nc2cc(F)cc(F)c2)CCC1. The molecule has 0 heterocycles. The lowest BCUT2D eigenvalue weighted by atomic mass is 9.68. The maximum Gasteiger partial charge on any atom is 0.319 e. The van der Waals surface area contributed by atoms with Crippen molar-refractivity contribution in [2.24, 2.45) is 5.41 Å². The van der Waals surface area contributed by atoms with Crippen LogP contribution >= 0.6 is 0 Å². The van der Waals surface area contributed by atoms with Crippen LogP contribution in [0.15, 0.2) is 18.2 Å². The van der Waals surface area contributed by atoms with Crippen LogP contribution in [0.4, 0.5) is 14.5 Å². The Labute approximate surface area is 102 Å². The average Bonchev–Trinajstić information content (AvgIpc) is 2.11. The van der Waals surface area contributed by atoms with Gasteiger partial charge in [0.2, 0.25) is 5.91 Å². The molecule has 1 saturated carbocycles. The van der Waals surface area contributed by atoms with Crippen LogP contribution < -0.4 is 5.32 Å². The van der Waals surface area contributed by atoms with Crippen LogP contribution in [0, 0.1) is 17.0 Å². The van der Waals surface area contributed by atoms with E-state index in [2.05, 4.69) is 5.32 Å². The first-order valence-electron chi connectivity index (χ1n) is 5.45. The number of halogens is 2. The van der Waals surface area contributed by atoms with Gasteiger partial charge in [-0.2, -0.15) is 0 Å². The number of nitrogens with one attached hydrogen (secondary N) is 1. The predicted molar refractivity (Wildman–Crippen MR) is 58.9 cm³/mol. The molecule has 0 saturated heterocycles. The smallest absolute Gasteiger partial charge is 0.319 e. The number of carbonyl (C=O) groups is 2.